The first-order valence-corrected chi connectivity index (χ1v) is 8.42. The van der Waals surface area contributed by atoms with E-state index in [9.17, 15) is 5.11 Å². The lowest BCUT2D eigenvalue weighted by Crippen LogP contribution is -2.30. The van der Waals surface area contributed by atoms with E-state index >= 15 is 0 Å². The minimum Gasteiger partial charge on any atom is -0.491 e. The third-order valence-electron chi connectivity index (χ3n) is 4.57. The molecule has 1 aliphatic carbocycles. The highest BCUT2D eigenvalue weighted by molar-refractivity contribution is 5.37. The smallest absolute Gasteiger partial charge is 0.119 e. The van der Waals surface area contributed by atoms with Crippen molar-refractivity contribution in [3.63, 3.8) is 0 Å². The fourth-order valence-electron chi connectivity index (χ4n) is 3.24. The summed E-state index contributed by atoms with van der Waals surface area (Å²) in [5, 5.41) is 13.9. The molecule has 3 unspecified atom stereocenters. The lowest BCUT2D eigenvalue weighted by Gasteiger charge is -2.23. The predicted molar refractivity (Wildman–Crippen MR) is 94.3 cm³/mol. The zero-order valence-electron chi connectivity index (χ0n) is 14.2. The van der Waals surface area contributed by atoms with Crippen molar-refractivity contribution >= 4 is 0 Å². The lowest BCUT2D eigenvalue weighted by molar-refractivity contribution is 0.136. The molecule has 4 nitrogen and oxygen atoms in total. The molecule has 128 valence electrons. The summed E-state index contributed by atoms with van der Waals surface area (Å²) in [5.74, 6) is 0.842. The van der Waals surface area contributed by atoms with Gasteiger partial charge in [0, 0.05) is 19.6 Å². The number of aliphatic hydroxyl groups is 1. The van der Waals surface area contributed by atoms with Crippen molar-refractivity contribution < 1.29 is 14.6 Å². The molecule has 3 rings (SSSR count). The Balaban J connectivity index is 1.64. The number of ether oxygens (including phenoxy) is 2. The summed E-state index contributed by atoms with van der Waals surface area (Å²) in [6, 6.07) is 16.4. The van der Waals surface area contributed by atoms with Gasteiger partial charge in [0.05, 0.1) is 18.8 Å². The van der Waals surface area contributed by atoms with Crippen LogP contribution in [0.15, 0.2) is 48.5 Å². The SMILES string of the molecule is COCCOc1ccc(C(C)NC2c3ccccc3CC2O)cc1. The van der Waals surface area contributed by atoms with Gasteiger partial charge in [-0.1, -0.05) is 36.4 Å². The molecular weight excluding hydrogens is 302 g/mol. The molecule has 0 aromatic heterocycles. The minimum atomic E-state index is -0.374. The average molecular weight is 327 g/mol. The number of rotatable bonds is 7. The molecule has 0 amide bonds. The first-order chi connectivity index (χ1) is 11.7. The quantitative estimate of drug-likeness (QED) is 0.768. The fourth-order valence-corrected chi connectivity index (χ4v) is 3.24. The Morgan fingerprint density at radius 3 is 2.62 bits per heavy atom. The molecule has 2 aromatic rings. The van der Waals surface area contributed by atoms with Crippen molar-refractivity contribution in [3.8, 4) is 5.75 Å². The Labute approximate surface area is 143 Å². The maximum absolute atomic E-state index is 10.4. The molecule has 2 aromatic carbocycles. The van der Waals surface area contributed by atoms with Crippen LogP contribution in [0.3, 0.4) is 0 Å². The third kappa shape index (κ3) is 3.78. The molecule has 4 heteroatoms. The number of hydrogen-bond donors (Lipinski definition) is 2. The summed E-state index contributed by atoms with van der Waals surface area (Å²) < 4.78 is 10.6. The van der Waals surface area contributed by atoms with Crippen molar-refractivity contribution in [2.24, 2.45) is 0 Å². The van der Waals surface area contributed by atoms with E-state index in [1.165, 1.54) is 16.7 Å². The Bertz CT molecular complexity index is 656. The number of benzene rings is 2. The van der Waals surface area contributed by atoms with Crippen LogP contribution in [-0.4, -0.2) is 31.5 Å². The standard InChI is InChI=1S/C20H25NO3/c1-14(15-7-9-17(10-8-15)24-12-11-23-2)21-20-18-6-4-3-5-16(18)13-19(20)22/h3-10,14,19-22H,11-13H2,1-2H3. The maximum atomic E-state index is 10.4. The van der Waals surface area contributed by atoms with Gasteiger partial charge in [-0.3, -0.25) is 0 Å². The Kier molecular flexibility index (Phi) is 5.51. The van der Waals surface area contributed by atoms with Gasteiger partial charge in [0.2, 0.25) is 0 Å². The van der Waals surface area contributed by atoms with Gasteiger partial charge in [-0.15, -0.1) is 0 Å². The van der Waals surface area contributed by atoms with Crippen molar-refractivity contribution in [2.75, 3.05) is 20.3 Å². The van der Waals surface area contributed by atoms with Gasteiger partial charge in [-0.2, -0.15) is 0 Å². The molecule has 3 atom stereocenters. The van der Waals surface area contributed by atoms with Crippen LogP contribution in [0.4, 0.5) is 0 Å². The van der Waals surface area contributed by atoms with Crippen LogP contribution >= 0.6 is 0 Å². The van der Waals surface area contributed by atoms with E-state index in [4.69, 9.17) is 9.47 Å². The summed E-state index contributed by atoms with van der Waals surface area (Å²) in [6.07, 6.45) is 0.342. The Morgan fingerprint density at radius 1 is 1.12 bits per heavy atom. The summed E-state index contributed by atoms with van der Waals surface area (Å²) in [7, 11) is 1.66. The second-order valence-electron chi connectivity index (χ2n) is 6.25. The fraction of sp³-hybridized carbons (Fsp3) is 0.400. The predicted octanol–water partition coefficient (Wildman–Crippen LogP) is 3.02. The minimum absolute atomic E-state index is 0.0196. The van der Waals surface area contributed by atoms with Gasteiger partial charge in [-0.25, -0.2) is 0 Å². The van der Waals surface area contributed by atoms with Crippen LogP contribution < -0.4 is 10.1 Å². The second-order valence-corrected chi connectivity index (χ2v) is 6.25. The molecule has 24 heavy (non-hydrogen) atoms. The molecule has 0 radical (unpaired) electrons. The molecule has 1 aliphatic rings. The number of aliphatic hydroxyl groups excluding tert-OH is 1. The molecule has 0 spiro atoms. The molecule has 0 fully saturated rings. The van der Waals surface area contributed by atoms with Crippen LogP contribution in [0.5, 0.6) is 5.75 Å². The average Bonchev–Trinajstić information content (AvgIpc) is 2.91. The van der Waals surface area contributed by atoms with Gasteiger partial charge < -0.3 is 19.9 Å². The van der Waals surface area contributed by atoms with E-state index in [1.54, 1.807) is 7.11 Å². The van der Waals surface area contributed by atoms with Gasteiger partial charge in [0.25, 0.3) is 0 Å². The molecular formula is C20H25NO3. The maximum Gasteiger partial charge on any atom is 0.119 e. The second kappa shape index (κ2) is 7.79. The van der Waals surface area contributed by atoms with Crippen LogP contribution in [0, 0.1) is 0 Å². The van der Waals surface area contributed by atoms with Crippen LogP contribution in [0.25, 0.3) is 0 Å². The van der Waals surface area contributed by atoms with Gasteiger partial charge >= 0.3 is 0 Å². The lowest BCUT2D eigenvalue weighted by atomic mass is 10.0. The number of fused-ring (bicyclic) bond motifs is 1. The number of methoxy groups -OCH3 is 1. The van der Waals surface area contributed by atoms with E-state index in [0.717, 1.165) is 5.75 Å². The van der Waals surface area contributed by atoms with E-state index in [0.29, 0.717) is 19.6 Å². The first-order valence-electron chi connectivity index (χ1n) is 8.42. The molecule has 2 N–H and O–H groups in total. The molecule has 0 bridgehead atoms. The Hall–Kier alpha value is -1.88. The van der Waals surface area contributed by atoms with E-state index in [2.05, 4.69) is 36.5 Å². The van der Waals surface area contributed by atoms with Gasteiger partial charge in [0.15, 0.2) is 0 Å². The summed E-state index contributed by atoms with van der Waals surface area (Å²) in [6.45, 7) is 3.25. The van der Waals surface area contributed by atoms with E-state index < -0.39 is 0 Å². The van der Waals surface area contributed by atoms with Gasteiger partial charge in [0.1, 0.15) is 12.4 Å². The highest BCUT2D eigenvalue weighted by atomic mass is 16.5. The monoisotopic (exact) mass is 327 g/mol. The third-order valence-corrected chi connectivity index (χ3v) is 4.57. The van der Waals surface area contributed by atoms with Crippen molar-refractivity contribution in [2.45, 2.75) is 31.5 Å². The summed E-state index contributed by atoms with van der Waals surface area (Å²) in [5.41, 5.74) is 3.61. The van der Waals surface area contributed by atoms with E-state index in [-0.39, 0.29) is 18.2 Å². The number of hydrogen-bond acceptors (Lipinski definition) is 4. The highest BCUT2D eigenvalue weighted by Crippen LogP contribution is 2.33. The van der Waals surface area contributed by atoms with Gasteiger partial charge in [-0.05, 0) is 35.7 Å². The van der Waals surface area contributed by atoms with Crippen molar-refractivity contribution in [1.29, 1.82) is 0 Å². The Morgan fingerprint density at radius 2 is 1.88 bits per heavy atom. The zero-order valence-corrected chi connectivity index (χ0v) is 14.2. The normalized spacial score (nSPS) is 20.6. The summed E-state index contributed by atoms with van der Waals surface area (Å²) in [4.78, 5) is 0. The highest BCUT2D eigenvalue weighted by Gasteiger charge is 2.31. The number of nitrogens with one attached hydrogen (secondary N) is 1. The largest absolute Gasteiger partial charge is 0.491 e. The molecule has 0 saturated heterocycles. The first kappa shape index (κ1) is 17.0. The van der Waals surface area contributed by atoms with E-state index in [1.807, 2.05) is 24.3 Å². The summed E-state index contributed by atoms with van der Waals surface area (Å²) >= 11 is 0. The van der Waals surface area contributed by atoms with Crippen molar-refractivity contribution in [1.82, 2.24) is 5.32 Å². The van der Waals surface area contributed by atoms with Crippen LogP contribution in [0.1, 0.15) is 35.7 Å². The van der Waals surface area contributed by atoms with Crippen LogP contribution in [-0.2, 0) is 11.2 Å². The van der Waals surface area contributed by atoms with Crippen LogP contribution in [0.2, 0.25) is 0 Å². The van der Waals surface area contributed by atoms with Crippen molar-refractivity contribution in [3.05, 3.63) is 65.2 Å². The molecule has 0 aliphatic heterocycles. The molecule has 0 heterocycles. The zero-order chi connectivity index (χ0) is 16.9. The molecule has 0 saturated carbocycles. The topological polar surface area (TPSA) is 50.7 Å².